The molecular weight excluding hydrogens is 710 g/mol. The quantitative estimate of drug-likeness (QED) is 0.137. The first-order valence-corrected chi connectivity index (χ1v) is 15.7. The van der Waals surface area contributed by atoms with Crippen LogP contribution in [0.3, 0.4) is 0 Å². The van der Waals surface area contributed by atoms with Gasteiger partial charge in [-0.1, -0.05) is 48.5 Å². The molecule has 0 fully saturated rings. The van der Waals surface area contributed by atoms with Crippen molar-refractivity contribution in [1.29, 1.82) is 0 Å². The minimum atomic E-state index is -0.0299. The second kappa shape index (κ2) is 16.3. The Kier molecular flexibility index (Phi) is 11.0. The third-order valence-corrected chi connectivity index (χ3v) is 7.70. The number of fused-ring (bicyclic) bond motifs is 6. The van der Waals surface area contributed by atoms with Crippen LogP contribution in [0.2, 0.25) is 0 Å². The van der Waals surface area contributed by atoms with E-state index < -0.39 is 0 Å². The second-order valence-corrected chi connectivity index (χ2v) is 10.8. The first-order chi connectivity index (χ1) is 24.3. The number of hydrogen-bond donors (Lipinski definition) is 2. The number of aliphatic hydroxyl groups is 1. The molecule has 0 aliphatic carbocycles. The van der Waals surface area contributed by atoms with Gasteiger partial charge in [0.1, 0.15) is 5.82 Å². The molecule has 10 heteroatoms. The Labute approximate surface area is 301 Å². The number of rotatable bonds is 4. The predicted octanol–water partition coefficient (Wildman–Crippen LogP) is 8.10. The summed E-state index contributed by atoms with van der Waals surface area (Å²) in [6.45, 7) is -0.0299. The third-order valence-electron chi connectivity index (χ3n) is 7.70. The van der Waals surface area contributed by atoms with Crippen molar-refractivity contribution in [3.05, 3.63) is 164 Å². The number of nitrogens with one attached hydrogen (secondary N) is 1. The van der Waals surface area contributed by atoms with Crippen LogP contribution < -0.4 is 0 Å². The number of aliphatic hydroxyl groups excluding tert-OH is 1. The molecule has 7 heterocycles. The Hall–Kier alpha value is -6.09. The van der Waals surface area contributed by atoms with E-state index in [1.807, 2.05) is 121 Å². The Bertz CT molecular complexity index is 2210. The van der Waals surface area contributed by atoms with Crippen LogP contribution in [0.5, 0.6) is 0 Å². The Morgan fingerprint density at radius 2 is 0.880 bits per heavy atom. The van der Waals surface area contributed by atoms with Gasteiger partial charge in [0, 0.05) is 73.0 Å². The van der Waals surface area contributed by atoms with Crippen molar-refractivity contribution in [2.75, 3.05) is 0 Å². The topological polar surface area (TPSA) is 126 Å². The van der Waals surface area contributed by atoms with E-state index in [2.05, 4.69) is 34.9 Å². The van der Waals surface area contributed by atoms with Crippen LogP contribution in [-0.2, 0) is 26.1 Å². The van der Waals surface area contributed by atoms with Crippen LogP contribution in [0.25, 0.3) is 67.0 Å². The van der Waals surface area contributed by atoms with Crippen LogP contribution in [0.15, 0.2) is 159 Å². The maximum absolute atomic E-state index is 9.64. The van der Waals surface area contributed by atoms with Crippen molar-refractivity contribution in [2.45, 2.75) is 6.61 Å². The average Bonchev–Trinajstić information content (AvgIpc) is 3.66. The Morgan fingerprint density at radius 1 is 0.440 bits per heavy atom. The first-order valence-electron chi connectivity index (χ1n) is 15.7. The standard InChI is InChI=1S/C20H14N4O.2C10H8N2.Ru/c25-11-12-5-1-2-6-13(12)20-23-18-14-7-3-9-21-16(14)17-15(19(18)24-20)8-4-10-22-17;2*1-3-7-11-9(5-1)10-6-2-4-8-12-10;/h1-10,25H,11H2,(H,23,24);2*1-8H;. The van der Waals surface area contributed by atoms with Gasteiger partial charge in [-0.15, -0.1) is 0 Å². The molecule has 0 unspecified atom stereocenters. The summed E-state index contributed by atoms with van der Waals surface area (Å²) in [5, 5.41) is 11.6. The fraction of sp³-hybridized carbons (Fsp3) is 0.0250. The minimum Gasteiger partial charge on any atom is -0.392 e. The summed E-state index contributed by atoms with van der Waals surface area (Å²) >= 11 is 0. The van der Waals surface area contributed by atoms with Crippen LogP contribution in [0, 0.1) is 0 Å². The van der Waals surface area contributed by atoms with E-state index >= 15 is 0 Å². The number of pyridine rings is 6. The average molecular weight is 740 g/mol. The zero-order valence-corrected chi connectivity index (χ0v) is 28.4. The van der Waals surface area contributed by atoms with Gasteiger partial charge in [-0.3, -0.25) is 29.9 Å². The van der Waals surface area contributed by atoms with E-state index in [0.29, 0.717) is 0 Å². The third kappa shape index (κ3) is 7.47. The summed E-state index contributed by atoms with van der Waals surface area (Å²) in [4.78, 5) is 34.1. The number of aromatic nitrogens is 8. The number of H-pyrrole nitrogens is 1. The largest absolute Gasteiger partial charge is 0.392 e. The van der Waals surface area contributed by atoms with E-state index in [4.69, 9.17) is 4.98 Å². The molecule has 0 aliphatic heterocycles. The number of aromatic amines is 1. The zero-order valence-electron chi connectivity index (χ0n) is 26.6. The zero-order chi connectivity index (χ0) is 33.3. The van der Waals surface area contributed by atoms with Crippen LogP contribution >= 0.6 is 0 Å². The predicted molar refractivity (Wildman–Crippen MR) is 193 cm³/mol. The molecule has 244 valence electrons. The molecule has 0 bridgehead atoms. The van der Waals surface area contributed by atoms with Gasteiger partial charge >= 0.3 is 0 Å². The molecule has 0 radical (unpaired) electrons. The number of benzene rings is 2. The number of hydrogen-bond acceptors (Lipinski definition) is 8. The van der Waals surface area contributed by atoms with Gasteiger partial charge in [0.05, 0.1) is 51.4 Å². The summed E-state index contributed by atoms with van der Waals surface area (Å²) in [7, 11) is 0. The molecule has 9 aromatic rings. The van der Waals surface area contributed by atoms with E-state index in [9.17, 15) is 5.11 Å². The summed E-state index contributed by atoms with van der Waals surface area (Å²) in [6, 6.07) is 38.8. The summed E-state index contributed by atoms with van der Waals surface area (Å²) in [5.74, 6) is 0.737. The number of nitrogens with zero attached hydrogens (tertiary/aromatic N) is 7. The van der Waals surface area contributed by atoms with Crippen molar-refractivity contribution in [3.63, 3.8) is 0 Å². The van der Waals surface area contributed by atoms with Gasteiger partial charge in [-0.05, 0) is 78.4 Å². The summed E-state index contributed by atoms with van der Waals surface area (Å²) < 4.78 is 0. The van der Waals surface area contributed by atoms with E-state index in [1.165, 1.54) is 0 Å². The Morgan fingerprint density at radius 3 is 1.36 bits per heavy atom. The molecule has 9 nitrogen and oxygen atoms in total. The van der Waals surface area contributed by atoms with Crippen molar-refractivity contribution >= 4 is 32.8 Å². The van der Waals surface area contributed by atoms with E-state index in [0.717, 1.165) is 72.6 Å². The van der Waals surface area contributed by atoms with Gasteiger partial charge in [0.2, 0.25) is 0 Å². The Balaban J connectivity index is 0.000000145. The van der Waals surface area contributed by atoms with Crippen LogP contribution in [0.4, 0.5) is 0 Å². The van der Waals surface area contributed by atoms with Crippen molar-refractivity contribution in [3.8, 4) is 34.2 Å². The molecular formula is C40H30N8ORu. The summed E-state index contributed by atoms with van der Waals surface area (Å²) in [5.41, 5.74) is 8.90. The maximum Gasteiger partial charge on any atom is 0.138 e. The molecule has 0 saturated heterocycles. The minimum absolute atomic E-state index is 0. The molecule has 0 saturated carbocycles. The normalized spacial score (nSPS) is 10.4. The molecule has 50 heavy (non-hydrogen) atoms. The van der Waals surface area contributed by atoms with Crippen molar-refractivity contribution in [1.82, 2.24) is 39.9 Å². The first kappa shape index (κ1) is 33.8. The fourth-order valence-corrected chi connectivity index (χ4v) is 5.42. The molecule has 2 aromatic carbocycles. The fourth-order valence-electron chi connectivity index (χ4n) is 5.42. The van der Waals surface area contributed by atoms with Gasteiger partial charge in [0.15, 0.2) is 0 Å². The van der Waals surface area contributed by atoms with Gasteiger partial charge < -0.3 is 10.1 Å². The summed E-state index contributed by atoms with van der Waals surface area (Å²) in [6.07, 6.45) is 10.6. The van der Waals surface area contributed by atoms with Gasteiger partial charge in [0.25, 0.3) is 0 Å². The van der Waals surface area contributed by atoms with E-state index in [-0.39, 0.29) is 26.1 Å². The SMILES string of the molecule is OCc1ccccc1-c1nc2c3cccnc3c3ncccc3c2[nH]1.[Ru].c1ccc(-c2ccccn2)nc1.c1ccc(-c2ccccn2)nc1. The molecule has 0 aliphatic rings. The van der Waals surface area contributed by atoms with Gasteiger partial charge in [-0.25, -0.2) is 4.98 Å². The monoisotopic (exact) mass is 740 g/mol. The van der Waals surface area contributed by atoms with Crippen molar-refractivity contribution < 1.29 is 24.6 Å². The molecule has 0 atom stereocenters. The molecule has 7 aromatic heterocycles. The van der Waals surface area contributed by atoms with Crippen LogP contribution in [0.1, 0.15) is 5.56 Å². The molecule has 0 spiro atoms. The van der Waals surface area contributed by atoms with E-state index in [1.54, 1.807) is 37.2 Å². The van der Waals surface area contributed by atoms with Crippen molar-refractivity contribution in [2.24, 2.45) is 0 Å². The maximum atomic E-state index is 9.64. The second-order valence-electron chi connectivity index (χ2n) is 10.8. The van der Waals surface area contributed by atoms with Crippen LogP contribution in [-0.4, -0.2) is 45.0 Å². The molecule has 0 amide bonds. The molecule has 9 rings (SSSR count). The van der Waals surface area contributed by atoms with Gasteiger partial charge in [-0.2, -0.15) is 0 Å². The molecule has 2 N–H and O–H groups in total. The number of imidazole rings is 1. The smallest absolute Gasteiger partial charge is 0.138 e.